The van der Waals surface area contributed by atoms with Crippen molar-refractivity contribution < 1.29 is 13.2 Å². The van der Waals surface area contributed by atoms with Crippen molar-refractivity contribution in [2.75, 3.05) is 30.9 Å². The van der Waals surface area contributed by atoms with Gasteiger partial charge in [-0.05, 0) is 11.1 Å². The number of thioether (sulfide) groups is 1. The third-order valence-electron chi connectivity index (χ3n) is 3.19. The van der Waals surface area contributed by atoms with Crippen molar-refractivity contribution in [1.82, 2.24) is 10.2 Å². The lowest BCUT2D eigenvalue weighted by Gasteiger charge is -2.26. The van der Waals surface area contributed by atoms with Gasteiger partial charge in [0.05, 0.1) is 5.75 Å². The molecule has 0 atom stereocenters. The molecule has 1 N–H and O–H groups in total. The standard InChI is InChI=1S/C14H20N2O3S2/c1-21(18,19)11-13-4-2-12(3-5-13)10-15-14(17)16-6-8-20-9-7-16/h2-5H,6-11H2,1H3,(H,15,17). The normalized spacial score (nSPS) is 15.8. The molecular formula is C14H20N2O3S2. The maximum Gasteiger partial charge on any atom is 0.317 e. The van der Waals surface area contributed by atoms with Crippen molar-refractivity contribution in [3.63, 3.8) is 0 Å². The minimum absolute atomic E-state index is 0.0319. The predicted molar refractivity (Wildman–Crippen MR) is 86.1 cm³/mol. The zero-order chi connectivity index (χ0) is 15.3. The highest BCUT2D eigenvalue weighted by molar-refractivity contribution is 7.99. The topological polar surface area (TPSA) is 66.5 Å². The molecule has 2 rings (SSSR count). The van der Waals surface area contributed by atoms with E-state index in [1.165, 1.54) is 6.26 Å². The van der Waals surface area contributed by atoms with Gasteiger partial charge in [0.1, 0.15) is 0 Å². The summed E-state index contributed by atoms with van der Waals surface area (Å²) in [5.74, 6) is 2.03. The molecule has 116 valence electrons. The summed E-state index contributed by atoms with van der Waals surface area (Å²) in [7, 11) is -3.01. The van der Waals surface area contributed by atoms with E-state index in [1.807, 2.05) is 28.8 Å². The van der Waals surface area contributed by atoms with Crippen LogP contribution in [0, 0.1) is 0 Å². The number of urea groups is 1. The molecule has 21 heavy (non-hydrogen) atoms. The van der Waals surface area contributed by atoms with Crippen LogP contribution in [0.25, 0.3) is 0 Å². The Labute approximate surface area is 130 Å². The number of hydrogen-bond donors (Lipinski definition) is 1. The summed E-state index contributed by atoms with van der Waals surface area (Å²) in [6.07, 6.45) is 1.22. The number of benzene rings is 1. The van der Waals surface area contributed by atoms with Crippen molar-refractivity contribution in [3.8, 4) is 0 Å². The Morgan fingerprint density at radius 1 is 1.19 bits per heavy atom. The largest absolute Gasteiger partial charge is 0.334 e. The number of nitrogens with one attached hydrogen (secondary N) is 1. The van der Waals surface area contributed by atoms with Crippen LogP contribution in [0.2, 0.25) is 0 Å². The number of carbonyl (C=O) groups excluding carboxylic acids is 1. The van der Waals surface area contributed by atoms with Gasteiger partial charge < -0.3 is 10.2 Å². The highest BCUT2D eigenvalue weighted by Gasteiger charge is 2.15. The van der Waals surface area contributed by atoms with Crippen LogP contribution in [0.4, 0.5) is 4.79 Å². The summed E-state index contributed by atoms with van der Waals surface area (Å²) in [5, 5.41) is 2.90. The Hall–Kier alpha value is -1.21. The minimum Gasteiger partial charge on any atom is -0.334 e. The fourth-order valence-corrected chi connectivity index (χ4v) is 3.81. The summed E-state index contributed by atoms with van der Waals surface area (Å²) >= 11 is 1.87. The number of amides is 2. The number of hydrogen-bond acceptors (Lipinski definition) is 4. The van der Waals surface area contributed by atoms with Gasteiger partial charge in [0.25, 0.3) is 0 Å². The lowest BCUT2D eigenvalue weighted by molar-refractivity contribution is 0.202. The second-order valence-electron chi connectivity index (χ2n) is 5.14. The first kappa shape index (κ1) is 16.2. The molecule has 0 bridgehead atoms. The third kappa shape index (κ3) is 5.59. The van der Waals surface area contributed by atoms with Gasteiger partial charge >= 0.3 is 6.03 Å². The van der Waals surface area contributed by atoms with E-state index in [9.17, 15) is 13.2 Å². The molecule has 1 aromatic carbocycles. The molecule has 5 nitrogen and oxygen atoms in total. The summed E-state index contributed by atoms with van der Waals surface area (Å²) in [6, 6.07) is 7.26. The number of nitrogens with zero attached hydrogens (tertiary/aromatic N) is 1. The zero-order valence-electron chi connectivity index (χ0n) is 12.0. The van der Waals surface area contributed by atoms with Crippen molar-refractivity contribution >= 4 is 27.6 Å². The Balaban J connectivity index is 1.84. The van der Waals surface area contributed by atoms with E-state index < -0.39 is 9.84 Å². The summed E-state index contributed by atoms with van der Waals surface area (Å²) in [6.45, 7) is 2.05. The lowest BCUT2D eigenvalue weighted by Crippen LogP contribution is -2.44. The van der Waals surface area contributed by atoms with E-state index in [0.29, 0.717) is 6.54 Å². The lowest BCUT2D eigenvalue weighted by atomic mass is 10.1. The predicted octanol–water partition coefficient (Wildman–Crippen LogP) is 1.49. The van der Waals surface area contributed by atoms with Crippen LogP contribution in [0.5, 0.6) is 0 Å². The third-order valence-corrected chi connectivity index (χ3v) is 4.99. The van der Waals surface area contributed by atoms with Gasteiger partial charge in [-0.1, -0.05) is 24.3 Å². The SMILES string of the molecule is CS(=O)(=O)Cc1ccc(CNC(=O)N2CCSCC2)cc1. The molecule has 0 unspecified atom stereocenters. The van der Waals surface area contributed by atoms with Crippen molar-refractivity contribution in [3.05, 3.63) is 35.4 Å². The fraction of sp³-hybridized carbons (Fsp3) is 0.500. The maximum absolute atomic E-state index is 12.0. The van der Waals surface area contributed by atoms with Crippen LogP contribution in [0.1, 0.15) is 11.1 Å². The van der Waals surface area contributed by atoms with E-state index in [0.717, 1.165) is 35.7 Å². The molecule has 1 saturated heterocycles. The molecule has 0 radical (unpaired) electrons. The number of carbonyl (C=O) groups is 1. The van der Waals surface area contributed by atoms with Crippen LogP contribution in [0.3, 0.4) is 0 Å². The fourth-order valence-electron chi connectivity index (χ4n) is 2.11. The van der Waals surface area contributed by atoms with Gasteiger partial charge in [-0.3, -0.25) is 0 Å². The summed E-state index contributed by atoms with van der Waals surface area (Å²) in [4.78, 5) is 13.8. The maximum atomic E-state index is 12.0. The first-order chi connectivity index (χ1) is 9.94. The molecule has 1 fully saturated rings. The highest BCUT2D eigenvalue weighted by Crippen LogP contribution is 2.10. The quantitative estimate of drug-likeness (QED) is 0.909. The van der Waals surface area contributed by atoms with Crippen LogP contribution in [-0.4, -0.2) is 50.2 Å². The van der Waals surface area contributed by atoms with Crippen LogP contribution >= 0.6 is 11.8 Å². The van der Waals surface area contributed by atoms with E-state index in [1.54, 1.807) is 12.1 Å². The van der Waals surface area contributed by atoms with Gasteiger partial charge in [0.2, 0.25) is 0 Å². The molecular weight excluding hydrogens is 308 g/mol. The Morgan fingerprint density at radius 2 is 1.76 bits per heavy atom. The smallest absolute Gasteiger partial charge is 0.317 e. The van der Waals surface area contributed by atoms with E-state index >= 15 is 0 Å². The number of rotatable bonds is 4. The second-order valence-corrected chi connectivity index (χ2v) is 8.51. The number of sulfone groups is 1. The molecule has 0 aromatic heterocycles. The molecule has 0 aliphatic carbocycles. The Kier molecular flexibility index (Phi) is 5.52. The van der Waals surface area contributed by atoms with Gasteiger partial charge in [0.15, 0.2) is 9.84 Å². The van der Waals surface area contributed by atoms with Crippen molar-refractivity contribution in [2.45, 2.75) is 12.3 Å². The minimum atomic E-state index is -3.01. The first-order valence-corrected chi connectivity index (χ1v) is 10.0. The molecule has 1 aliphatic rings. The van der Waals surface area contributed by atoms with E-state index in [-0.39, 0.29) is 11.8 Å². The first-order valence-electron chi connectivity index (χ1n) is 6.80. The average molecular weight is 328 g/mol. The van der Waals surface area contributed by atoms with Crippen LogP contribution < -0.4 is 5.32 Å². The van der Waals surface area contributed by atoms with Gasteiger partial charge in [-0.25, -0.2) is 13.2 Å². The van der Waals surface area contributed by atoms with E-state index in [2.05, 4.69) is 5.32 Å². The molecule has 2 amide bonds. The summed E-state index contributed by atoms with van der Waals surface area (Å²) in [5.41, 5.74) is 1.73. The van der Waals surface area contributed by atoms with Crippen LogP contribution in [-0.2, 0) is 22.1 Å². The van der Waals surface area contributed by atoms with Gasteiger partial charge in [0, 0.05) is 37.4 Å². The monoisotopic (exact) mass is 328 g/mol. The molecule has 0 spiro atoms. The van der Waals surface area contributed by atoms with Gasteiger partial charge in [-0.15, -0.1) is 0 Å². The molecule has 1 heterocycles. The van der Waals surface area contributed by atoms with Crippen molar-refractivity contribution in [2.24, 2.45) is 0 Å². The van der Waals surface area contributed by atoms with E-state index in [4.69, 9.17) is 0 Å². The Morgan fingerprint density at radius 3 is 2.33 bits per heavy atom. The molecule has 7 heteroatoms. The van der Waals surface area contributed by atoms with Crippen molar-refractivity contribution in [1.29, 1.82) is 0 Å². The molecule has 1 aliphatic heterocycles. The van der Waals surface area contributed by atoms with Crippen LogP contribution in [0.15, 0.2) is 24.3 Å². The van der Waals surface area contributed by atoms with Gasteiger partial charge in [-0.2, -0.15) is 11.8 Å². The highest BCUT2D eigenvalue weighted by atomic mass is 32.2. The molecule has 1 aromatic rings. The second kappa shape index (κ2) is 7.17. The Bertz CT molecular complexity index is 579. The molecule has 0 saturated carbocycles. The summed E-state index contributed by atoms with van der Waals surface area (Å²) < 4.78 is 22.4. The zero-order valence-corrected chi connectivity index (χ0v) is 13.7. The average Bonchev–Trinajstić information content (AvgIpc) is 2.45.